The van der Waals surface area contributed by atoms with Gasteiger partial charge >= 0.3 is 0 Å². The Kier molecular flexibility index (Phi) is 7.24. The van der Waals surface area contributed by atoms with Crippen molar-refractivity contribution in [3.05, 3.63) is 0 Å². The van der Waals surface area contributed by atoms with Crippen LogP contribution in [-0.2, 0) is 3.07 Å². The molecule has 0 aromatic heterocycles. The normalized spacial score (nSPS) is 19.1. The number of rotatable bonds is 6. The fraction of sp³-hybridized carbons (Fsp3) is 1.00. The van der Waals surface area contributed by atoms with Gasteiger partial charge in [0.2, 0.25) is 0 Å². The van der Waals surface area contributed by atoms with Gasteiger partial charge in [0.05, 0.1) is 6.10 Å². The molecule has 0 rings (SSSR count). The lowest BCUT2D eigenvalue weighted by atomic mass is 9.60. The van der Waals surface area contributed by atoms with Crippen molar-refractivity contribution < 1.29 is 3.07 Å². The summed E-state index contributed by atoms with van der Waals surface area (Å²) in [6.07, 6.45) is 1.40. The summed E-state index contributed by atoms with van der Waals surface area (Å²) >= 11 is 6.78. The van der Waals surface area contributed by atoms with E-state index in [0.29, 0.717) is 16.6 Å². The van der Waals surface area contributed by atoms with E-state index in [4.69, 9.17) is 15.7 Å². The van der Waals surface area contributed by atoms with Crippen molar-refractivity contribution in [3.8, 4) is 0 Å². The zero-order valence-electron chi connectivity index (χ0n) is 14.2. The van der Waals surface area contributed by atoms with Crippen molar-refractivity contribution >= 4 is 35.6 Å². The van der Waals surface area contributed by atoms with Gasteiger partial charge in [-0.05, 0) is 28.6 Å². The minimum Gasteiger partial charge on any atom is -0.312 e. The Morgan fingerprint density at radius 2 is 1.37 bits per heavy atom. The summed E-state index contributed by atoms with van der Waals surface area (Å²) in [5.41, 5.74) is 0.512. The van der Waals surface area contributed by atoms with E-state index in [-0.39, 0.29) is 16.9 Å². The third kappa shape index (κ3) is 5.06. The average molecular weight is 400 g/mol. The van der Waals surface area contributed by atoms with E-state index in [9.17, 15) is 0 Å². The Bertz CT molecular complexity index is 279. The van der Waals surface area contributed by atoms with Crippen LogP contribution in [0, 0.1) is 22.2 Å². The molecule has 3 unspecified atom stereocenters. The zero-order valence-corrected chi connectivity index (χ0v) is 17.2. The quantitative estimate of drug-likeness (QED) is 0.415. The van der Waals surface area contributed by atoms with Crippen LogP contribution in [0.4, 0.5) is 0 Å². The van der Waals surface area contributed by atoms with Crippen LogP contribution in [0.5, 0.6) is 0 Å². The van der Waals surface area contributed by atoms with Gasteiger partial charge in [-0.15, -0.1) is 0 Å². The van der Waals surface area contributed by atoms with Crippen LogP contribution in [0.3, 0.4) is 0 Å². The lowest BCUT2D eigenvalue weighted by molar-refractivity contribution is -0.0339. The van der Waals surface area contributed by atoms with Crippen LogP contribution in [0.1, 0.15) is 68.7 Å². The summed E-state index contributed by atoms with van der Waals surface area (Å²) in [5, 5.41) is 0.332. The van der Waals surface area contributed by atoms with Crippen LogP contribution in [-0.4, -0.2) is 11.4 Å². The first-order valence-corrected chi connectivity index (χ1v) is 8.62. The van der Waals surface area contributed by atoms with Gasteiger partial charge < -0.3 is 3.07 Å². The van der Waals surface area contributed by atoms with Crippen molar-refractivity contribution in [2.75, 3.05) is 0 Å². The SMILES string of the molecule is CC(CC(C)(C)C)C(OI)C(C)(C)C(C)(C)C(C)S. The Balaban J connectivity index is 5.23. The van der Waals surface area contributed by atoms with Crippen molar-refractivity contribution in [3.63, 3.8) is 0 Å². The van der Waals surface area contributed by atoms with Gasteiger partial charge in [0.25, 0.3) is 0 Å². The minimum atomic E-state index is 0.0695. The average Bonchev–Trinajstić information content (AvgIpc) is 2.14. The number of thiol groups is 1. The second-order valence-electron chi connectivity index (χ2n) is 8.37. The number of halogens is 1. The molecule has 1 nitrogen and oxygen atoms in total. The van der Waals surface area contributed by atoms with E-state index in [0.717, 1.165) is 0 Å². The monoisotopic (exact) mass is 400 g/mol. The van der Waals surface area contributed by atoms with Gasteiger partial charge in [0.1, 0.15) is 23.0 Å². The standard InChI is InChI=1S/C16H33IOS/c1-11(10-14(3,4)5)13(18-17)16(8,9)15(6,7)12(2)19/h11-13,19H,10H2,1-9H3. The zero-order chi connectivity index (χ0) is 15.6. The Labute approximate surface area is 140 Å². The van der Waals surface area contributed by atoms with E-state index in [1.165, 1.54) is 6.42 Å². The Morgan fingerprint density at radius 1 is 0.947 bits per heavy atom. The maximum absolute atomic E-state index is 5.90. The molecular formula is C16H33IOS. The predicted octanol–water partition coefficient (Wildman–Crippen LogP) is 6.16. The molecule has 0 fully saturated rings. The smallest absolute Gasteiger partial charge is 0.110 e. The summed E-state index contributed by atoms with van der Waals surface area (Å²) in [7, 11) is 0. The highest BCUT2D eigenvalue weighted by Gasteiger charge is 2.48. The topological polar surface area (TPSA) is 9.23 Å². The summed E-state index contributed by atoms with van der Waals surface area (Å²) in [4.78, 5) is 0. The van der Waals surface area contributed by atoms with Crippen molar-refractivity contribution in [1.82, 2.24) is 0 Å². The lowest BCUT2D eigenvalue weighted by Crippen LogP contribution is -2.49. The van der Waals surface area contributed by atoms with Gasteiger partial charge in [-0.2, -0.15) is 12.6 Å². The molecule has 0 aliphatic rings. The summed E-state index contributed by atoms with van der Waals surface area (Å²) in [6, 6.07) is 0. The summed E-state index contributed by atoms with van der Waals surface area (Å²) in [5.74, 6) is 0.526. The molecule has 0 saturated carbocycles. The van der Waals surface area contributed by atoms with Crippen LogP contribution in [0.2, 0.25) is 0 Å². The van der Waals surface area contributed by atoms with E-state index in [1.54, 1.807) is 0 Å². The third-order valence-corrected chi connectivity index (χ3v) is 6.16. The molecule has 3 atom stereocenters. The highest BCUT2D eigenvalue weighted by Crippen LogP contribution is 2.50. The van der Waals surface area contributed by atoms with E-state index in [1.807, 2.05) is 0 Å². The van der Waals surface area contributed by atoms with E-state index >= 15 is 0 Å². The third-order valence-electron chi connectivity index (χ3n) is 4.96. The lowest BCUT2D eigenvalue weighted by Gasteiger charge is -2.50. The first-order valence-electron chi connectivity index (χ1n) is 7.23. The number of hydrogen-bond donors (Lipinski definition) is 1. The Morgan fingerprint density at radius 3 is 1.63 bits per heavy atom. The second-order valence-corrected chi connectivity index (χ2v) is 9.65. The second kappa shape index (κ2) is 6.87. The van der Waals surface area contributed by atoms with Crippen LogP contribution >= 0.6 is 35.6 Å². The molecular weight excluding hydrogens is 367 g/mol. The highest BCUT2D eigenvalue weighted by molar-refractivity contribution is 14.1. The van der Waals surface area contributed by atoms with Crippen molar-refractivity contribution in [1.29, 1.82) is 0 Å². The molecule has 0 amide bonds. The van der Waals surface area contributed by atoms with Crippen molar-refractivity contribution in [2.45, 2.75) is 80.1 Å². The fourth-order valence-corrected chi connectivity index (χ4v) is 4.36. The molecule has 0 aromatic carbocycles. The maximum atomic E-state index is 5.90. The van der Waals surface area contributed by atoms with Gasteiger partial charge in [0, 0.05) is 5.25 Å². The first kappa shape index (κ1) is 20.0. The molecule has 0 spiro atoms. The molecule has 0 heterocycles. The Hall–Kier alpha value is 1.04. The molecule has 0 aliphatic carbocycles. The van der Waals surface area contributed by atoms with Crippen molar-refractivity contribution in [2.24, 2.45) is 22.2 Å². The molecule has 0 aliphatic heterocycles. The van der Waals surface area contributed by atoms with Gasteiger partial charge in [-0.1, -0.05) is 62.3 Å². The predicted molar refractivity (Wildman–Crippen MR) is 98.1 cm³/mol. The van der Waals surface area contributed by atoms with Gasteiger partial charge in [-0.25, -0.2) is 0 Å². The molecule has 3 heteroatoms. The summed E-state index contributed by atoms with van der Waals surface area (Å²) in [6.45, 7) is 20.6. The number of hydrogen-bond acceptors (Lipinski definition) is 2. The van der Waals surface area contributed by atoms with Gasteiger partial charge in [-0.3, -0.25) is 0 Å². The molecule has 0 saturated heterocycles. The fourth-order valence-electron chi connectivity index (χ4n) is 2.89. The van der Waals surface area contributed by atoms with E-state index in [2.05, 4.69) is 85.3 Å². The molecule has 0 radical (unpaired) electrons. The van der Waals surface area contributed by atoms with Crippen LogP contribution in [0.25, 0.3) is 0 Å². The molecule has 116 valence electrons. The largest absolute Gasteiger partial charge is 0.312 e. The van der Waals surface area contributed by atoms with E-state index < -0.39 is 0 Å². The minimum absolute atomic E-state index is 0.0695. The van der Waals surface area contributed by atoms with Gasteiger partial charge in [0.15, 0.2) is 0 Å². The molecule has 0 N–H and O–H groups in total. The summed E-state index contributed by atoms with van der Waals surface area (Å²) < 4.78 is 5.90. The van der Waals surface area contributed by atoms with Crippen LogP contribution in [0.15, 0.2) is 0 Å². The molecule has 19 heavy (non-hydrogen) atoms. The highest BCUT2D eigenvalue weighted by atomic mass is 127. The maximum Gasteiger partial charge on any atom is 0.110 e. The molecule has 0 bridgehead atoms. The molecule has 0 aromatic rings. The first-order chi connectivity index (χ1) is 8.27. The van der Waals surface area contributed by atoms with Crippen LogP contribution < -0.4 is 0 Å².